The third-order valence-corrected chi connectivity index (χ3v) is 5.82. The van der Waals surface area contributed by atoms with E-state index < -0.39 is 5.60 Å². The molecule has 4 bridgehead atoms. The van der Waals surface area contributed by atoms with Gasteiger partial charge < -0.3 is 16.2 Å². The van der Waals surface area contributed by atoms with Crippen LogP contribution in [0.25, 0.3) is 0 Å². The molecule has 0 aromatic heterocycles. The molecule has 0 heterocycles. The molecule has 108 valence electrons. The zero-order valence-corrected chi connectivity index (χ0v) is 11.9. The fraction of sp³-hybridized carbons (Fsp3) is 0.933. The van der Waals surface area contributed by atoms with Gasteiger partial charge in [0.2, 0.25) is 5.91 Å². The number of carbonyl (C=O) groups is 1. The highest BCUT2D eigenvalue weighted by molar-refractivity contribution is 5.83. The Balaban J connectivity index is 1.88. The molecule has 0 aromatic rings. The van der Waals surface area contributed by atoms with Gasteiger partial charge in [-0.15, -0.1) is 0 Å². The third kappa shape index (κ3) is 2.00. The Morgan fingerprint density at radius 1 is 1.32 bits per heavy atom. The fourth-order valence-corrected chi connectivity index (χ4v) is 5.61. The van der Waals surface area contributed by atoms with E-state index in [1.54, 1.807) is 0 Å². The number of nitrogens with two attached hydrogens (primary N) is 1. The second-order valence-corrected chi connectivity index (χ2v) is 7.41. The summed E-state index contributed by atoms with van der Waals surface area (Å²) in [7, 11) is 0. The first-order chi connectivity index (χ1) is 8.95. The van der Waals surface area contributed by atoms with Gasteiger partial charge in [0, 0.05) is 13.1 Å². The second-order valence-electron chi connectivity index (χ2n) is 7.41. The van der Waals surface area contributed by atoms with Gasteiger partial charge in [0.05, 0.1) is 11.0 Å². The Labute approximate surface area is 115 Å². The summed E-state index contributed by atoms with van der Waals surface area (Å²) in [4.78, 5) is 12.6. The Hall–Kier alpha value is -0.610. The highest BCUT2D eigenvalue weighted by atomic mass is 16.3. The minimum absolute atomic E-state index is 0.137. The molecule has 0 saturated heterocycles. The van der Waals surface area contributed by atoms with Gasteiger partial charge in [0.15, 0.2) is 0 Å². The number of hydrogen-bond acceptors (Lipinski definition) is 3. The Bertz CT molecular complexity index is 400. The number of amides is 1. The van der Waals surface area contributed by atoms with E-state index in [2.05, 4.69) is 12.2 Å². The lowest BCUT2D eigenvalue weighted by Gasteiger charge is -2.64. The van der Waals surface area contributed by atoms with Crippen LogP contribution in [0.5, 0.6) is 0 Å². The van der Waals surface area contributed by atoms with Crippen LogP contribution < -0.4 is 11.1 Å². The maximum Gasteiger partial charge on any atom is 0.226 e. The molecule has 4 unspecified atom stereocenters. The minimum atomic E-state index is -0.588. The van der Waals surface area contributed by atoms with Crippen LogP contribution in [-0.4, -0.2) is 29.7 Å². The number of aliphatic hydroxyl groups is 1. The highest BCUT2D eigenvalue weighted by Crippen LogP contribution is 2.67. The van der Waals surface area contributed by atoms with Crippen molar-refractivity contribution >= 4 is 5.91 Å². The van der Waals surface area contributed by atoms with Crippen molar-refractivity contribution in [1.29, 1.82) is 0 Å². The number of nitrogens with one attached hydrogen (secondary N) is 1. The lowest BCUT2D eigenvalue weighted by atomic mass is 9.42. The van der Waals surface area contributed by atoms with Crippen LogP contribution in [0.4, 0.5) is 0 Å². The molecule has 4 rings (SSSR count). The molecule has 4 saturated carbocycles. The van der Waals surface area contributed by atoms with E-state index in [1.807, 2.05) is 0 Å². The zero-order chi connectivity index (χ0) is 13.7. The van der Waals surface area contributed by atoms with Crippen molar-refractivity contribution in [2.24, 2.45) is 22.5 Å². The first kappa shape index (κ1) is 13.4. The monoisotopic (exact) mass is 266 g/mol. The van der Waals surface area contributed by atoms with E-state index in [-0.39, 0.29) is 16.7 Å². The van der Waals surface area contributed by atoms with Crippen molar-refractivity contribution in [2.45, 2.75) is 57.5 Å². The lowest BCUT2D eigenvalue weighted by molar-refractivity contribution is -0.204. The number of rotatable bonds is 4. The van der Waals surface area contributed by atoms with Crippen LogP contribution >= 0.6 is 0 Å². The van der Waals surface area contributed by atoms with E-state index in [9.17, 15) is 9.90 Å². The predicted molar refractivity (Wildman–Crippen MR) is 73.4 cm³/mol. The quantitative estimate of drug-likeness (QED) is 0.715. The Kier molecular flexibility index (Phi) is 2.95. The Morgan fingerprint density at radius 2 is 2.11 bits per heavy atom. The van der Waals surface area contributed by atoms with Crippen molar-refractivity contribution in [2.75, 3.05) is 13.1 Å². The van der Waals surface area contributed by atoms with E-state index in [0.717, 1.165) is 32.1 Å². The lowest BCUT2D eigenvalue weighted by Crippen LogP contribution is -2.63. The van der Waals surface area contributed by atoms with Gasteiger partial charge in [-0.2, -0.15) is 0 Å². The molecule has 4 fully saturated rings. The first-order valence-corrected chi connectivity index (χ1v) is 7.66. The molecular formula is C15H26N2O2. The summed E-state index contributed by atoms with van der Waals surface area (Å²) < 4.78 is 0. The molecule has 0 aromatic carbocycles. The molecule has 4 heteroatoms. The van der Waals surface area contributed by atoms with E-state index in [1.165, 1.54) is 6.42 Å². The summed E-state index contributed by atoms with van der Waals surface area (Å²) >= 11 is 0. The van der Waals surface area contributed by atoms with Crippen molar-refractivity contribution < 1.29 is 9.90 Å². The number of carbonyl (C=O) groups excluding carboxylic acids is 1. The molecule has 4 N–H and O–H groups in total. The smallest absolute Gasteiger partial charge is 0.226 e. The van der Waals surface area contributed by atoms with Gasteiger partial charge in [-0.25, -0.2) is 0 Å². The van der Waals surface area contributed by atoms with Crippen molar-refractivity contribution in [1.82, 2.24) is 5.32 Å². The zero-order valence-electron chi connectivity index (χ0n) is 11.9. The molecular weight excluding hydrogens is 240 g/mol. The van der Waals surface area contributed by atoms with Crippen LogP contribution in [0.1, 0.15) is 51.9 Å². The van der Waals surface area contributed by atoms with E-state index in [4.69, 9.17) is 5.73 Å². The Morgan fingerprint density at radius 3 is 2.74 bits per heavy atom. The first-order valence-electron chi connectivity index (χ1n) is 7.66. The minimum Gasteiger partial charge on any atom is -0.390 e. The highest BCUT2D eigenvalue weighted by Gasteiger charge is 2.64. The van der Waals surface area contributed by atoms with Crippen LogP contribution in [-0.2, 0) is 4.79 Å². The third-order valence-electron chi connectivity index (χ3n) is 5.82. The van der Waals surface area contributed by atoms with Gasteiger partial charge in [0.1, 0.15) is 0 Å². The SMILES string of the molecule is CCC12CC3CC(O)(C1)CC(C(=O)NCCN)(C3)C2. The molecule has 0 spiro atoms. The standard InChI is InChI=1S/C15H26N2O2/c1-2-13-5-11-6-14(8-13,12(18)17-4-3-16)10-15(19,7-11)9-13/h11,19H,2-10,16H2,1H3,(H,17,18). The fourth-order valence-electron chi connectivity index (χ4n) is 5.61. The molecule has 1 amide bonds. The summed E-state index contributed by atoms with van der Waals surface area (Å²) in [5.74, 6) is 0.670. The second kappa shape index (κ2) is 4.19. The van der Waals surface area contributed by atoms with Gasteiger partial charge in [-0.1, -0.05) is 13.3 Å². The molecule has 19 heavy (non-hydrogen) atoms. The van der Waals surface area contributed by atoms with Crippen LogP contribution in [0, 0.1) is 16.7 Å². The molecule has 4 aliphatic carbocycles. The molecule has 4 atom stereocenters. The van der Waals surface area contributed by atoms with Gasteiger partial charge in [0.25, 0.3) is 0 Å². The molecule has 4 nitrogen and oxygen atoms in total. The predicted octanol–water partition coefficient (Wildman–Crippen LogP) is 1.17. The summed E-state index contributed by atoms with van der Waals surface area (Å²) in [5, 5.41) is 13.8. The number of hydrogen-bond donors (Lipinski definition) is 3. The molecule has 4 aliphatic rings. The average Bonchev–Trinajstić information content (AvgIpc) is 2.33. The summed E-state index contributed by atoms with van der Waals surface area (Å²) in [6, 6.07) is 0. The van der Waals surface area contributed by atoms with Crippen molar-refractivity contribution in [3.05, 3.63) is 0 Å². The van der Waals surface area contributed by atoms with E-state index >= 15 is 0 Å². The average molecular weight is 266 g/mol. The molecule has 0 aliphatic heterocycles. The summed E-state index contributed by atoms with van der Waals surface area (Å²) in [6.07, 6.45) is 6.68. The maximum absolute atomic E-state index is 12.6. The van der Waals surface area contributed by atoms with Crippen LogP contribution in [0.3, 0.4) is 0 Å². The van der Waals surface area contributed by atoms with Crippen molar-refractivity contribution in [3.63, 3.8) is 0 Å². The topological polar surface area (TPSA) is 75.3 Å². The van der Waals surface area contributed by atoms with Gasteiger partial charge in [-0.3, -0.25) is 4.79 Å². The normalized spacial score (nSPS) is 47.4. The summed E-state index contributed by atoms with van der Waals surface area (Å²) in [6.45, 7) is 3.24. The molecule has 0 radical (unpaired) electrons. The van der Waals surface area contributed by atoms with Crippen LogP contribution in [0.2, 0.25) is 0 Å². The van der Waals surface area contributed by atoms with Crippen LogP contribution in [0.15, 0.2) is 0 Å². The van der Waals surface area contributed by atoms with Gasteiger partial charge >= 0.3 is 0 Å². The van der Waals surface area contributed by atoms with E-state index in [0.29, 0.717) is 25.4 Å². The maximum atomic E-state index is 12.6. The van der Waals surface area contributed by atoms with Crippen molar-refractivity contribution in [3.8, 4) is 0 Å². The summed E-state index contributed by atoms with van der Waals surface area (Å²) in [5.41, 5.74) is 4.78. The van der Waals surface area contributed by atoms with Gasteiger partial charge in [-0.05, 0) is 49.9 Å². The largest absolute Gasteiger partial charge is 0.390 e.